The maximum Gasteiger partial charge on any atom is 0.259 e. The third-order valence-electron chi connectivity index (χ3n) is 5.29. The highest BCUT2D eigenvalue weighted by Crippen LogP contribution is 2.32. The fourth-order valence-electron chi connectivity index (χ4n) is 3.57. The van der Waals surface area contributed by atoms with Crippen LogP contribution in [0.4, 0.5) is 5.69 Å². The molecule has 4 rings (SSSR count). The van der Waals surface area contributed by atoms with E-state index in [2.05, 4.69) is 9.97 Å². The Morgan fingerprint density at radius 3 is 2.53 bits per heavy atom. The van der Waals surface area contributed by atoms with Crippen LogP contribution in [0.2, 0.25) is 10.0 Å². The van der Waals surface area contributed by atoms with Crippen molar-refractivity contribution in [3.8, 4) is 11.3 Å². The number of carbonyl (C=O) groups is 2. The number of amides is 2. The van der Waals surface area contributed by atoms with Gasteiger partial charge in [0.2, 0.25) is 5.91 Å². The Morgan fingerprint density at radius 2 is 1.85 bits per heavy atom. The molecule has 9 heteroatoms. The minimum Gasteiger partial charge on any atom is -0.366 e. The molecule has 0 saturated carbocycles. The smallest absolute Gasteiger partial charge is 0.259 e. The van der Waals surface area contributed by atoms with Crippen LogP contribution < -0.4 is 10.6 Å². The van der Waals surface area contributed by atoms with E-state index in [0.29, 0.717) is 41.5 Å². The summed E-state index contributed by atoms with van der Waals surface area (Å²) in [6, 6.07) is 15.3. The molecule has 0 aliphatic heterocycles. The Balaban J connectivity index is 1.69. The molecule has 7 nitrogen and oxygen atoms in total. The molecule has 2 aromatic carbocycles. The number of primary amides is 1. The number of imidazole rings is 1. The lowest BCUT2D eigenvalue weighted by Crippen LogP contribution is -2.33. The zero-order valence-corrected chi connectivity index (χ0v) is 19.6. The molecule has 0 saturated heterocycles. The molecule has 0 unspecified atom stereocenters. The van der Waals surface area contributed by atoms with Crippen LogP contribution in [-0.4, -0.2) is 32.9 Å². The summed E-state index contributed by atoms with van der Waals surface area (Å²) < 4.78 is 1.94. The zero-order chi connectivity index (χ0) is 24.1. The zero-order valence-electron chi connectivity index (χ0n) is 18.1. The highest BCUT2D eigenvalue weighted by atomic mass is 35.5. The van der Waals surface area contributed by atoms with E-state index in [9.17, 15) is 9.59 Å². The molecule has 0 aliphatic rings. The Bertz CT molecular complexity index is 1310. The number of rotatable bonds is 8. The van der Waals surface area contributed by atoms with Gasteiger partial charge in [-0.2, -0.15) is 0 Å². The van der Waals surface area contributed by atoms with Gasteiger partial charge in [-0.05, 0) is 55.0 Å². The summed E-state index contributed by atoms with van der Waals surface area (Å²) in [5.41, 5.74) is 7.90. The van der Waals surface area contributed by atoms with Crippen molar-refractivity contribution in [3.63, 3.8) is 0 Å². The Kier molecular flexibility index (Phi) is 7.25. The molecule has 2 N–H and O–H groups in total. The number of nitrogens with two attached hydrogens (primary N) is 1. The highest BCUT2D eigenvalue weighted by molar-refractivity contribution is 6.35. The molecule has 0 radical (unpaired) electrons. The van der Waals surface area contributed by atoms with Gasteiger partial charge in [0.25, 0.3) is 5.91 Å². The van der Waals surface area contributed by atoms with E-state index in [1.807, 2.05) is 35.0 Å². The summed E-state index contributed by atoms with van der Waals surface area (Å²) in [6.45, 7) is 1.09. The summed E-state index contributed by atoms with van der Waals surface area (Å²) in [6.07, 6.45) is 7.66. The van der Waals surface area contributed by atoms with Crippen LogP contribution in [0.25, 0.3) is 11.3 Å². The molecule has 0 bridgehead atoms. The average Bonchev–Trinajstić information content (AvgIpc) is 3.36. The summed E-state index contributed by atoms with van der Waals surface area (Å²) in [5.74, 6) is -0.920. The standard InChI is InChI=1S/C25H21Cl2N5O2/c26-21-8-6-18(15-20(21)23-4-1-2-9-30-23)32(12-3-11-31-13-10-29-16-31)25(34)19-7-5-17(24(28)33)14-22(19)27/h1-2,4-10,13-16H,3,11-12H2,(H2,28,33). The fraction of sp³-hybridized carbons (Fsp3) is 0.120. The number of aromatic nitrogens is 3. The number of carbonyl (C=O) groups excluding carboxylic acids is 2. The average molecular weight is 494 g/mol. The van der Waals surface area contributed by atoms with Crippen molar-refractivity contribution in [1.29, 1.82) is 0 Å². The van der Waals surface area contributed by atoms with E-state index in [1.165, 1.54) is 18.2 Å². The first-order valence-corrected chi connectivity index (χ1v) is 11.3. The molecular weight excluding hydrogens is 473 g/mol. The van der Waals surface area contributed by atoms with Gasteiger partial charge in [-0.15, -0.1) is 0 Å². The molecular formula is C25H21Cl2N5O2. The summed E-state index contributed by atoms with van der Waals surface area (Å²) in [5, 5.41) is 0.678. The number of pyridine rings is 1. The van der Waals surface area contributed by atoms with Crippen molar-refractivity contribution in [1.82, 2.24) is 14.5 Å². The highest BCUT2D eigenvalue weighted by Gasteiger charge is 2.22. The molecule has 4 aromatic rings. The van der Waals surface area contributed by atoms with Gasteiger partial charge in [-0.3, -0.25) is 14.6 Å². The minimum atomic E-state index is -0.615. The molecule has 0 aliphatic carbocycles. The molecule has 0 atom stereocenters. The van der Waals surface area contributed by atoms with Crippen LogP contribution in [0.1, 0.15) is 27.1 Å². The van der Waals surface area contributed by atoms with Gasteiger partial charge in [0.15, 0.2) is 0 Å². The van der Waals surface area contributed by atoms with Crippen LogP contribution in [0.5, 0.6) is 0 Å². The van der Waals surface area contributed by atoms with Crippen molar-refractivity contribution in [2.75, 3.05) is 11.4 Å². The first-order chi connectivity index (χ1) is 16.4. The molecule has 34 heavy (non-hydrogen) atoms. The van der Waals surface area contributed by atoms with Gasteiger partial charge in [-0.25, -0.2) is 4.98 Å². The fourth-order valence-corrected chi connectivity index (χ4v) is 4.04. The number of aryl methyl sites for hydroxylation is 1. The maximum atomic E-state index is 13.6. The van der Waals surface area contributed by atoms with Crippen LogP contribution >= 0.6 is 23.2 Å². The number of anilines is 1. The second-order valence-corrected chi connectivity index (χ2v) is 8.36. The van der Waals surface area contributed by atoms with Crippen LogP contribution in [-0.2, 0) is 6.54 Å². The lowest BCUT2D eigenvalue weighted by Gasteiger charge is -2.24. The summed E-state index contributed by atoms with van der Waals surface area (Å²) in [7, 11) is 0. The number of hydrogen-bond donors (Lipinski definition) is 1. The first kappa shape index (κ1) is 23.5. The molecule has 2 aromatic heterocycles. The van der Waals surface area contributed by atoms with Crippen molar-refractivity contribution in [3.05, 3.63) is 101 Å². The van der Waals surface area contributed by atoms with Gasteiger partial charge in [0.05, 0.1) is 27.6 Å². The Hall–Kier alpha value is -3.68. The van der Waals surface area contributed by atoms with E-state index >= 15 is 0 Å². The summed E-state index contributed by atoms with van der Waals surface area (Å²) in [4.78, 5) is 35.2. The van der Waals surface area contributed by atoms with Crippen molar-refractivity contribution in [2.45, 2.75) is 13.0 Å². The number of nitrogens with zero attached hydrogens (tertiary/aromatic N) is 4. The first-order valence-electron chi connectivity index (χ1n) is 10.5. The van der Waals surface area contributed by atoms with Crippen molar-refractivity contribution < 1.29 is 9.59 Å². The van der Waals surface area contributed by atoms with Gasteiger partial charge in [0, 0.05) is 48.5 Å². The lowest BCUT2D eigenvalue weighted by molar-refractivity contribution is 0.0980. The van der Waals surface area contributed by atoms with E-state index in [4.69, 9.17) is 28.9 Å². The summed E-state index contributed by atoms with van der Waals surface area (Å²) >= 11 is 12.8. The van der Waals surface area contributed by atoms with Gasteiger partial charge >= 0.3 is 0 Å². The van der Waals surface area contributed by atoms with Crippen LogP contribution in [0, 0.1) is 0 Å². The Labute approximate surface area is 206 Å². The maximum absolute atomic E-state index is 13.6. The topological polar surface area (TPSA) is 94.1 Å². The molecule has 0 fully saturated rings. The van der Waals surface area contributed by atoms with Gasteiger partial charge in [-0.1, -0.05) is 29.3 Å². The van der Waals surface area contributed by atoms with E-state index < -0.39 is 5.91 Å². The number of benzene rings is 2. The molecule has 172 valence electrons. The SMILES string of the molecule is NC(=O)c1ccc(C(=O)N(CCCn2ccnc2)c2ccc(Cl)c(-c3ccccn3)c2)c(Cl)c1. The predicted octanol–water partition coefficient (Wildman–Crippen LogP) is 5.09. The van der Waals surface area contributed by atoms with E-state index in [1.54, 1.807) is 35.8 Å². The largest absolute Gasteiger partial charge is 0.366 e. The van der Waals surface area contributed by atoms with Crippen molar-refractivity contribution in [2.24, 2.45) is 5.73 Å². The second-order valence-electron chi connectivity index (χ2n) is 7.55. The van der Waals surface area contributed by atoms with E-state index in [-0.39, 0.29) is 22.1 Å². The number of hydrogen-bond acceptors (Lipinski definition) is 4. The molecule has 2 amide bonds. The monoisotopic (exact) mass is 493 g/mol. The predicted molar refractivity (Wildman–Crippen MR) is 133 cm³/mol. The number of halogens is 2. The van der Waals surface area contributed by atoms with Crippen LogP contribution in [0.15, 0.2) is 79.5 Å². The molecule has 0 spiro atoms. The lowest BCUT2D eigenvalue weighted by atomic mass is 10.1. The quantitative estimate of drug-likeness (QED) is 0.369. The van der Waals surface area contributed by atoms with Gasteiger partial charge in [0.1, 0.15) is 0 Å². The third kappa shape index (κ3) is 5.27. The Morgan fingerprint density at radius 1 is 1.00 bits per heavy atom. The van der Waals surface area contributed by atoms with Crippen LogP contribution in [0.3, 0.4) is 0 Å². The van der Waals surface area contributed by atoms with Crippen molar-refractivity contribution >= 4 is 40.7 Å². The molecule has 2 heterocycles. The second kappa shape index (κ2) is 10.5. The third-order valence-corrected chi connectivity index (χ3v) is 5.93. The van der Waals surface area contributed by atoms with Gasteiger partial charge < -0.3 is 15.2 Å². The van der Waals surface area contributed by atoms with E-state index in [0.717, 1.165) is 0 Å². The minimum absolute atomic E-state index is 0.153. The normalized spacial score (nSPS) is 10.8.